The lowest BCUT2D eigenvalue weighted by atomic mass is 10.1. The van der Waals surface area contributed by atoms with Crippen molar-refractivity contribution in [3.8, 4) is 21.8 Å². The number of thiophene rings is 1. The number of rotatable bonds is 4. The number of hydrogen-bond donors (Lipinski definition) is 1. The average Bonchev–Trinajstić information content (AvgIpc) is 3.38. The van der Waals surface area contributed by atoms with Crippen molar-refractivity contribution in [1.82, 2.24) is 9.97 Å². The molecule has 152 valence electrons. The van der Waals surface area contributed by atoms with Crippen LogP contribution in [0.2, 0.25) is 4.34 Å². The molecule has 0 saturated carbocycles. The van der Waals surface area contributed by atoms with Crippen LogP contribution in [-0.2, 0) is 0 Å². The van der Waals surface area contributed by atoms with Crippen LogP contribution in [0.5, 0.6) is 0 Å². The molecule has 3 aromatic heterocycles. The van der Waals surface area contributed by atoms with Crippen molar-refractivity contribution in [3.63, 3.8) is 0 Å². The van der Waals surface area contributed by atoms with Crippen LogP contribution in [0.15, 0.2) is 72.8 Å². The molecule has 0 unspecified atom stereocenters. The number of thiazole rings is 1. The Hall–Kier alpha value is -3.06. The Morgan fingerprint density at radius 1 is 0.935 bits per heavy atom. The second-order valence-corrected chi connectivity index (χ2v) is 9.84. The van der Waals surface area contributed by atoms with Crippen molar-refractivity contribution >= 4 is 56.2 Å². The molecule has 0 radical (unpaired) electrons. The van der Waals surface area contributed by atoms with Gasteiger partial charge in [0.05, 0.1) is 31.7 Å². The highest BCUT2D eigenvalue weighted by Crippen LogP contribution is 2.34. The molecule has 1 amide bonds. The van der Waals surface area contributed by atoms with Gasteiger partial charge in [-0.15, -0.1) is 22.7 Å². The van der Waals surface area contributed by atoms with E-state index in [-0.39, 0.29) is 5.91 Å². The summed E-state index contributed by atoms with van der Waals surface area (Å²) in [6.07, 6.45) is 0. The van der Waals surface area contributed by atoms with E-state index in [2.05, 4.69) is 10.3 Å². The Bertz CT molecular complexity index is 1410. The monoisotopic (exact) mass is 461 g/mol. The van der Waals surface area contributed by atoms with Gasteiger partial charge in [0.25, 0.3) is 5.91 Å². The molecule has 5 aromatic rings. The first-order valence-electron chi connectivity index (χ1n) is 9.58. The third-order valence-corrected chi connectivity index (χ3v) is 6.99. The van der Waals surface area contributed by atoms with Crippen LogP contribution in [0.4, 0.5) is 5.13 Å². The summed E-state index contributed by atoms with van der Waals surface area (Å²) in [5.41, 5.74) is 3.95. The van der Waals surface area contributed by atoms with Crippen LogP contribution in [0.3, 0.4) is 0 Å². The van der Waals surface area contributed by atoms with Gasteiger partial charge in [-0.05, 0) is 31.2 Å². The van der Waals surface area contributed by atoms with Gasteiger partial charge in [0, 0.05) is 15.8 Å². The van der Waals surface area contributed by atoms with E-state index in [4.69, 9.17) is 16.6 Å². The molecule has 0 aliphatic rings. The number of benzene rings is 2. The van der Waals surface area contributed by atoms with E-state index in [9.17, 15) is 4.79 Å². The first-order valence-corrected chi connectivity index (χ1v) is 11.6. The highest BCUT2D eigenvalue weighted by atomic mass is 35.5. The zero-order chi connectivity index (χ0) is 21.4. The lowest BCUT2D eigenvalue weighted by Gasteiger charge is -2.08. The largest absolute Gasteiger partial charge is 0.298 e. The molecule has 0 bridgehead atoms. The van der Waals surface area contributed by atoms with Crippen molar-refractivity contribution in [1.29, 1.82) is 0 Å². The zero-order valence-corrected chi connectivity index (χ0v) is 18.8. The van der Waals surface area contributed by atoms with Crippen molar-refractivity contribution in [2.45, 2.75) is 6.92 Å². The van der Waals surface area contributed by atoms with E-state index in [1.807, 2.05) is 79.7 Å². The quantitative estimate of drug-likeness (QED) is 0.305. The van der Waals surface area contributed by atoms with E-state index in [1.165, 1.54) is 22.7 Å². The number of nitrogens with zero attached hydrogens (tertiary/aromatic N) is 2. The molecular weight excluding hydrogens is 446 g/mol. The van der Waals surface area contributed by atoms with Crippen LogP contribution in [0.1, 0.15) is 15.2 Å². The van der Waals surface area contributed by atoms with Gasteiger partial charge in [-0.1, -0.05) is 60.1 Å². The number of fused-ring (bicyclic) bond motifs is 1. The minimum atomic E-state index is -0.212. The summed E-state index contributed by atoms with van der Waals surface area (Å²) >= 11 is 9.02. The van der Waals surface area contributed by atoms with E-state index >= 15 is 0 Å². The number of carbonyl (C=O) groups excluding carboxylic acids is 1. The van der Waals surface area contributed by atoms with Gasteiger partial charge in [-0.2, -0.15) is 0 Å². The Labute approximate surface area is 192 Å². The lowest BCUT2D eigenvalue weighted by molar-refractivity contribution is 0.102. The smallest absolute Gasteiger partial charge is 0.258 e. The molecule has 4 nitrogen and oxygen atoms in total. The fraction of sp³-hybridized carbons (Fsp3) is 0.0417. The second kappa shape index (κ2) is 8.23. The number of nitrogens with one attached hydrogen (secondary N) is 1. The fourth-order valence-electron chi connectivity index (χ4n) is 3.42. The zero-order valence-electron chi connectivity index (χ0n) is 16.4. The maximum absolute atomic E-state index is 13.3. The highest BCUT2D eigenvalue weighted by Gasteiger charge is 2.17. The Morgan fingerprint density at radius 2 is 1.71 bits per heavy atom. The summed E-state index contributed by atoms with van der Waals surface area (Å²) < 4.78 is 0.683. The van der Waals surface area contributed by atoms with E-state index in [0.717, 1.165) is 37.6 Å². The molecule has 3 heterocycles. The predicted molar refractivity (Wildman–Crippen MR) is 130 cm³/mol. The standard InChI is InChI=1S/C24H16ClN3OS2/c1-14-22(15-7-3-2-4-8-15)27-24(30-14)28-23(29)17-13-19(20-11-12-21(25)31-20)26-18-10-6-5-9-16(17)18/h2-13H,1H3,(H,27,28,29). The molecule has 31 heavy (non-hydrogen) atoms. The molecule has 0 aliphatic heterocycles. The Morgan fingerprint density at radius 3 is 2.48 bits per heavy atom. The number of pyridine rings is 1. The summed E-state index contributed by atoms with van der Waals surface area (Å²) in [6, 6.07) is 23.2. The fourth-order valence-corrected chi connectivity index (χ4v) is 5.25. The van der Waals surface area contributed by atoms with Gasteiger partial charge in [0.1, 0.15) is 0 Å². The maximum Gasteiger partial charge on any atom is 0.258 e. The van der Waals surface area contributed by atoms with Crippen LogP contribution in [0.25, 0.3) is 32.7 Å². The summed E-state index contributed by atoms with van der Waals surface area (Å²) in [5.74, 6) is -0.212. The highest BCUT2D eigenvalue weighted by molar-refractivity contribution is 7.19. The second-order valence-electron chi connectivity index (χ2n) is 6.92. The summed E-state index contributed by atoms with van der Waals surface area (Å²) in [4.78, 5) is 24.6. The van der Waals surface area contributed by atoms with E-state index in [0.29, 0.717) is 15.0 Å². The van der Waals surface area contributed by atoms with Gasteiger partial charge >= 0.3 is 0 Å². The van der Waals surface area contributed by atoms with Crippen LogP contribution < -0.4 is 5.32 Å². The first kappa shape index (κ1) is 19.9. The Kier molecular flexibility index (Phi) is 5.28. The summed E-state index contributed by atoms with van der Waals surface area (Å²) in [5, 5.41) is 4.35. The maximum atomic E-state index is 13.3. The predicted octanol–water partition coefficient (Wildman–Crippen LogP) is 7.30. The summed E-state index contributed by atoms with van der Waals surface area (Å²) in [7, 11) is 0. The van der Waals surface area contributed by atoms with Crippen LogP contribution in [0, 0.1) is 6.92 Å². The van der Waals surface area contributed by atoms with Crippen LogP contribution >= 0.6 is 34.3 Å². The number of aryl methyl sites for hydroxylation is 1. The van der Waals surface area contributed by atoms with E-state index < -0.39 is 0 Å². The molecule has 2 aromatic carbocycles. The number of aromatic nitrogens is 2. The third-order valence-electron chi connectivity index (χ3n) is 4.85. The minimum Gasteiger partial charge on any atom is -0.298 e. The normalized spacial score (nSPS) is 11.0. The molecule has 0 atom stereocenters. The topological polar surface area (TPSA) is 54.9 Å². The molecule has 7 heteroatoms. The van der Waals surface area contributed by atoms with Gasteiger partial charge in [-0.25, -0.2) is 9.97 Å². The number of anilines is 1. The molecule has 0 spiro atoms. The van der Waals surface area contributed by atoms with Gasteiger partial charge in [-0.3, -0.25) is 10.1 Å². The SMILES string of the molecule is Cc1sc(NC(=O)c2cc(-c3ccc(Cl)s3)nc3ccccc23)nc1-c1ccccc1. The average molecular weight is 462 g/mol. The molecule has 0 saturated heterocycles. The molecule has 1 N–H and O–H groups in total. The number of hydrogen-bond acceptors (Lipinski definition) is 5. The molecule has 0 fully saturated rings. The molecule has 0 aliphatic carbocycles. The number of halogens is 1. The van der Waals surface area contributed by atoms with Crippen molar-refractivity contribution in [3.05, 3.63) is 87.6 Å². The van der Waals surface area contributed by atoms with Crippen molar-refractivity contribution in [2.75, 3.05) is 5.32 Å². The summed E-state index contributed by atoms with van der Waals surface area (Å²) in [6.45, 7) is 2.01. The molecular formula is C24H16ClN3OS2. The van der Waals surface area contributed by atoms with Gasteiger partial charge in [0.15, 0.2) is 5.13 Å². The number of amides is 1. The van der Waals surface area contributed by atoms with E-state index in [1.54, 1.807) is 0 Å². The molecule has 5 rings (SSSR count). The number of para-hydroxylation sites is 1. The van der Waals surface area contributed by atoms with Gasteiger partial charge < -0.3 is 0 Å². The first-order chi connectivity index (χ1) is 15.1. The van der Waals surface area contributed by atoms with Crippen molar-refractivity contribution < 1.29 is 4.79 Å². The van der Waals surface area contributed by atoms with Crippen LogP contribution in [-0.4, -0.2) is 15.9 Å². The van der Waals surface area contributed by atoms with Gasteiger partial charge in [0.2, 0.25) is 0 Å². The third kappa shape index (κ3) is 3.97. The number of carbonyl (C=O) groups is 1. The Balaban J connectivity index is 1.53. The lowest BCUT2D eigenvalue weighted by Crippen LogP contribution is -2.13. The van der Waals surface area contributed by atoms with Crippen molar-refractivity contribution in [2.24, 2.45) is 0 Å². The minimum absolute atomic E-state index is 0.212.